The van der Waals surface area contributed by atoms with Gasteiger partial charge < -0.3 is 0 Å². The Balaban J connectivity index is 3.72. The first-order chi connectivity index (χ1) is 6.56. The second-order valence-corrected chi connectivity index (χ2v) is 8.03. The summed E-state index contributed by atoms with van der Waals surface area (Å²) in [5, 5.41) is 0. The molecular weight excluding hydrogens is 209 g/mol. The van der Waals surface area contributed by atoms with E-state index in [1.165, 1.54) is 25.3 Å². The molecule has 0 heterocycles. The molecule has 0 amide bonds. The fourth-order valence-corrected chi connectivity index (χ4v) is 5.11. The van der Waals surface area contributed by atoms with Crippen molar-refractivity contribution in [3.8, 4) is 0 Å². The quantitative estimate of drug-likeness (QED) is 0.463. The summed E-state index contributed by atoms with van der Waals surface area (Å²) >= 11 is 2.15. The van der Waals surface area contributed by atoms with Gasteiger partial charge in [0.05, 0.1) is 0 Å². The summed E-state index contributed by atoms with van der Waals surface area (Å²) in [7, 11) is 0.472. The molecule has 1 nitrogen and oxygen atoms in total. The van der Waals surface area contributed by atoms with Crippen LogP contribution < -0.4 is 0 Å². The predicted molar refractivity (Wildman–Crippen MR) is 73.7 cm³/mol. The lowest BCUT2D eigenvalue weighted by Gasteiger charge is -2.19. The van der Waals surface area contributed by atoms with Crippen LogP contribution in [-0.4, -0.2) is 23.5 Å². The van der Waals surface area contributed by atoms with E-state index in [-0.39, 0.29) is 0 Å². The molecule has 0 radical (unpaired) electrons. The summed E-state index contributed by atoms with van der Waals surface area (Å²) in [6.07, 6.45) is 1.31. The molecule has 0 aromatic carbocycles. The molecule has 0 spiro atoms. The first-order valence-electron chi connectivity index (χ1n) is 5.75. The summed E-state index contributed by atoms with van der Waals surface area (Å²) in [6.45, 7) is 14.1. The molecule has 0 aromatic heterocycles. The number of rotatable bonds is 8. The van der Waals surface area contributed by atoms with Crippen molar-refractivity contribution in [2.24, 2.45) is 11.8 Å². The van der Waals surface area contributed by atoms with E-state index in [0.29, 0.717) is 7.93 Å². The van der Waals surface area contributed by atoms with Crippen molar-refractivity contribution < 1.29 is 0 Å². The van der Waals surface area contributed by atoms with E-state index < -0.39 is 0 Å². The first kappa shape index (κ1) is 14.7. The molecule has 3 heteroatoms. The Kier molecular flexibility index (Phi) is 9.48. The molecule has 0 N–H and O–H groups in total. The van der Waals surface area contributed by atoms with E-state index in [4.69, 9.17) is 0 Å². The summed E-state index contributed by atoms with van der Waals surface area (Å²) < 4.78 is 2.68. The van der Waals surface area contributed by atoms with Gasteiger partial charge in [-0.1, -0.05) is 34.6 Å². The highest BCUT2D eigenvalue weighted by atomic mass is 32.7. The van der Waals surface area contributed by atoms with Gasteiger partial charge in [0, 0.05) is 30.2 Å². The molecule has 0 saturated heterocycles. The van der Waals surface area contributed by atoms with Crippen molar-refractivity contribution in [3.05, 3.63) is 0 Å². The van der Waals surface area contributed by atoms with Gasteiger partial charge in [-0.2, -0.15) is 4.67 Å². The fourth-order valence-electron chi connectivity index (χ4n) is 1.37. The van der Waals surface area contributed by atoms with E-state index >= 15 is 0 Å². The lowest BCUT2D eigenvalue weighted by molar-refractivity contribution is 0.362. The van der Waals surface area contributed by atoms with Gasteiger partial charge in [0.1, 0.15) is 7.93 Å². The van der Waals surface area contributed by atoms with Gasteiger partial charge >= 0.3 is 0 Å². The summed E-state index contributed by atoms with van der Waals surface area (Å²) in [6, 6.07) is 0. The van der Waals surface area contributed by atoms with Crippen LogP contribution in [0.2, 0.25) is 0 Å². The van der Waals surface area contributed by atoms with Crippen molar-refractivity contribution in [2.45, 2.75) is 41.0 Å². The third-order valence-corrected chi connectivity index (χ3v) is 5.31. The average Bonchev–Trinajstić information content (AvgIpc) is 2.02. The second-order valence-electron chi connectivity index (χ2n) is 4.72. The number of hydrogen-bond acceptors (Lipinski definition) is 2. The minimum atomic E-state index is 0.472. The van der Waals surface area contributed by atoms with E-state index in [9.17, 15) is 0 Å². The third kappa shape index (κ3) is 9.30. The highest BCUT2D eigenvalue weighted by Crippen LogP contribution is 2.35. The van der Waals surface area contributed by atoms with E-state index in [1.807, 2.05) is 0 Å². The van der Waals surface area contributed by atoms with E-state index in [0.717, 1.165) is 11.8 Å². The first-order valence-corrected chi connectivity index (χ1v) is 8.73. The minimum absolute atomic E-state index is 0.472. The van der Waals surface area contributed by atoms with Crippen LogP contribution in [0.1, 0.15) is 41.0 Å². The second kappa shape index (κ2) is 9.00. The molecule has 0 rings (SSSR count). The van der Waals surface area contributed by atoms with Crippen LogP contribution in [0.15, 0.2) is 0 Å². The van der Waals surface area contributed by atoms with Crippen molar-refractivity contribution in [3.63, 3.8) is 0 Å². The van der Waals surface area contributed by atoms with Crippen LogP contribution in [0.25, 0.3) is 0 Å². The summed E-state index contributed by atoms with van der Waals surface area (Å²) in [5.41, 5.74) is 0. The molecule has 0 saturated carbocycles. The topological polar surface area (TPSA) is 3.24 Å². The van der Waals surface area contributed by atoms with Crippen LogP contribution >= 0.6 is 19.3 Å². The van der Waals surface area contributed by atoms with Gasteiger partial charge in [-0.25, -0.2) is 0 Å². The van der Waals surface area contributed by atoms with Crippen LogP contribution in [0.5, 0.6) is 0 Å². The monoisotopic (exact) mass is 236 g/mol. The van der Waals surface area contributed by atoms with Crippen molar-refractivity contribution in [1.82, 2.24) is 4.67 Å². The molecule has 0 aliphatic carbocycles. The van der Waals surface area contributed by atoms with Gasteiger partial charge in [0.2, 0.25) is 0 Å². The Morgan fingerprint density at radius 2 is 1.57 bits per heavy atom. The normalized spacial score (nSPS) is 12.9. The molecule has 0 aliphatic heterocycles. The summed E-state index contributed by atoms with van der Waals surface area (Å²) in [5.74, 6) is 2.95. The molecule has 0 fully saturated rings. The number of hydrogen-bond donors (Lipinski definition) is 0. The van der Waals surface area contributed by atoms with Gasteiger partial charge in [-0.05, 0) is 18.3 Å². The average molecular weight is 236 g/mol. The SMILES string of the molecule is CCCS[PH2+]N(CC(C)C)CC(C)C. The predicted octanol–water partition coefficient (Wildman–Crippen LogP) is 3.98. The smallest absolute Gasteiger partial charge is 0.116 e. The molecule has 0 aromatic rings. The highest BCUT2D eigenvalue weighted by Gasteiger charge is 2.14. The Hall–Kier alpha value is 0.740. The zero-order chi connectivity index (χ0) is 11.0. The standard InChI is InChI=1S/C11H26NPS/c1-6-7-14-13-12(8-10(2)3)9-11(4)5/h10-11,13H,6-9H2,1-5H3/p+1. The van der Waals surface area contributed by atoms with Crippen LogP contribution in [-0.2, 0) is 0 Å². The van der Waals surface area contributed by atoms with Crippen LogP contribution in [0, 0.1) is 11.8 Å². The molecule has 14 heavy (non-hydrogen) atoms. The lowest BCUT2D eigenvalue weighted by atomic mass is 10.2. The van der Waals surface area contributed by atoms with Gasteiger partial charge in [0.15, 0.2) is 0 Å². The molecule has 86 valence electrons. The zero-order valence-corrected chi connectivity index (χ0v) is 12.4. The maximum absolute atomic E-state index is 2.68. The molecule has 0 aliphatic rings. The van der Waals surface area contributed by atoms with Gasteiger partial charge in [-0.15, -0.1) is 0 Å². The molecular formula is C11H27NPS+. The van der Waals surface area contributed by atoms with E-state index in [2.05, 4.69) is 50.7 Å². The Morgan fingerprint density at radius 1 is 1.07 bits per heavy atom. The Morgan fingerprint density at radius 3 is 1.93 bits per heavy atom. The molecule has 1 unspecified atom stereocenters. The largest absolute Gasteiger partial charge is 0.173 e. The maximum Gasteiger partial charge on any atom is 0.116 e. The van der Waals surface area contributed by atoms with Gasteiger partial charge in [0.25, 0.3) is 0 Å². The lowest BCUT2D eigenvalue weighted by Crippen LogP contribution is -2.23. The van der Waals surface area contributed by atoms with Crippen LogP contribution in [0.4, 0.5) is 0 Å². The Bertz CT molecular complexity index is 118. The fraction of sp³-hybridized carbons (Fsp3) is 1.00. The maximum atomic E-state index is 2.68. The third-order valence-electron chi connectivity index (χ3n) is 1.74. The van der Waals surface area contributed by atoms with Crippen LogP contribution in [0.3, 0.4) is 0 Å². The van der Waals surface area contributed by atoms with Gasteiger partial charge in [-0.3, -0.25) is 0 Å². The Labute approximate surface area is 96.0 Å². The summed E-state index contributed by atoms with van der Waals surface area (Å²) in [4.78, 5) is 0. The van der Waals surface area contributed by atoms with Crippen molar-refractivity contribution in [2.75, 3.05) is 18.8 Å². The molecule has 0 bridgehead atoms. The van der Waals surface area contributed by atoms with Crippen molar-refractivity contribution >= 4 is 19.3 Å². The molecule has 1 atom stereocenters. The van der Waals surface area contributed by atoms with Crippen molar-refractivity contribution in [1.29, 1.82) is 0 Å². The highest BCUT2D eigenvalue weighted by molar-refractivity contribution is 8.48. The van der Waals surface area contributed by atoms with E-state index in [1.54, 1.807) is 0 Å². The minimum Gasteiger partial charge on any atom is -0.173 e. The zero-order valence-electron chi connectivity index (χ0n) is 10.4. The number of nitrogens with zero attached hydrogens (tertiary/aromatic N) is 1.